The van der Waals surface area contributed by atoms with Crippen LogP contribution in [0.5, 0.6) is 0 Å². The van der Waals surface area contributed by atoms with Gasteiger partial charge >= 0.3 is 7.60 Å². The third-order valence-corrected chi connectivity index (χ3v) is 3.11. The molecule has 0 aliphatic carbocycles. The summed E-state index contributed by atoms with van der Waals surface area (Å²) >= 11 is 0. The first-order valence-electron chi connectivity index (χ1n) is 4.41. The van der Waals surface area contributed by atoms with Crippen molar-refractivity contribution < 1.29 is 23.8 Å². The molecule has 86 valence electrons. The van der Waals surface area contributed by atoms with Gasteiger partial charge in [0.1, 0.15) is 6.29 Å². The minimum absolute atomic E-state index is 0.238. The van der Waals surface area contributed by atoms with Crippen molar-refractivity contribution in [3.05, 3.63) is 0 Å². The van der Waals surface area contributed by atoms with E-state index in [0.29, 0.717) is 0 Å². The van der Waals surface area contributed by atoms with Crippen LogP contribution in [0.2, 0.25) is 0 Å². The molecular weight excluding hydrogens is 209 g/mol. The Balaban J connectivity index is 4.16. The van der Waals surface area contributed by atoms with Gasteiger partial charge in [-0.1, -0.05) is 0 Å². The highest BCUT2D eigenvalue weighted by Crippen LogP contribution is 2.46. The summed E-state index contributed by atoms with van der Waals surface area (Å²) in [5.41, 5.74) is 0. The number of hydrogen-bond acceptors (Lipinski definition) is 6. The van der Waals surface area contributed by atoms with Crippen LogP contribution in [0, 0.1) is 0 Å². The zero-order valence-corrected chi connectivity index (χ0v) is 9.58. The van der Waals surface area contributed by atoms with Gasteiger partial charge in [0.05, 0.1) is 13.2 Å². The predicted octanol–water partition coefficient (Wildman–Crippen LogP) is 0.458. The summed E-state index contributed by atoms with van der Waals surface area (Å²) < 4.78 is 21.6. The molecule has 0 aliphatic rings. The first-order valence-corrected chi connectivity index (χ1v) is 6.13. The Bertz CT molecular complexity index is 193. The van der Waals surface area contributed by atoms with E-state index in [4.69, 9.17) is 19.3 Å². The topological polar surface area (TPSA) is 88.0 Å². The fraction of sp³-hybridized carbons (Fsp3) is 1.00. The molecule has 0 amide bonds. The molecule has 0 aliphatic heterocycles. The summed E-state index contributed by atoms with van der Waals surface area (Å²) in [5.74, 6) is -2.08. The van der Waals surface area contributed by atoms with E-state index in [1.807, 2.05) is 0 Å². The van der Waals surface area contributed by atoms with Crippen LogP contribution in [0.1, 0.15) is 20.8 Å². The lowest BCUT2D eigenvalue weighted by Gasteiger charge is -2.22. The number of hydrogen-bond donors (Lipinski definition) is 3. The maximum Gasteiger partial charge on any atom is 0.344 e. The van der Waals surface area contributed by atoms with Gasteiger partial charge in [-0.25, -0.2) is 0 Å². The zero-order valence-electron chi connectivity index (χ0n) is 8.69. The van der Waals surface area contributed by atoms with Crippen molar-refractivity contribution in [1.29, 1.82) is 0 Å². The third kappa shape index (κ3) is 6.48. The van der Waals surface area contributed by atoms with Crippen LogP contribution in [0.3, 0.4) is 0 Å². The van der Waals surface area contributed by atoms with Crippen LogP contribution < -0.4 is 5.32 Å². The van der Waals surface area contributed by atoms with Gasteiger partial charge in [-0.3, -0.25) is 9.88 Å². The van der Waals surface area contributed by atoms with Crippen molar-refractivity contribution in [2.45, 2.75) is 26.7 Å². The van der Waals surface area contributed by atoms with Crippen LogP contribution in [-0.4, -0.2) is 35.6 Å². The lowest BCUT2D eigenvalue weighted by atomic mass is 10.6. The molecule has 0 heterocycles. The Morgan fingerprint density at radius 3 is 2.00 bits per heavy atom. The van der Waals surface area contributed by atoms with Crippen LogP contribution in [0.15, 0.2) is 0 Å². The van der Waals surface area contributed by atoms with E-state index in [1.54, 1.807) is 13.8 Å². The number of aliphatic hydroxyl groups is 2. The summed E-state index contributed by atoms with van der Waals surface area (Å²) in [6, 6.07) is 0. The van der Waals surface area contributed by atoms with Crippen LogP contribution >= 0.6 is 7.60 Å². The molecule has 0 radical (unpaired) electrons. The number of rotatable bonds is 7. The molecule has 0 unspecified atom stereocenters. The summed E-state index contributed by atoms with van der Waals surface area (Å²) in [6.07, 6.45) is -0.238. The number of nitrogens with one attached hydrogen (secondary N) is 1. The Hall–Kier alpha value is 0.0300. The Labute approximate surface area is 83.8 Å². The molecule has 6 nitrogen and oxygen atoms in total. The van der Waals surface area contributed by atoms with Crippen LogP contribution in [-0.2, 0) is 13.6 Å². The van der Waals surface area contributed by atoms with Crippen molar-refractivity contribution >= 4 is 7.60 Å². The highest BCUT2D eigenvalue weighted by Gasteiger charge is 2.27. The van der Waals surface area contributed by atoms with Crippen LogP contribution in [0.25, 0.3) is 0 Å². The summed E-state index contributed by atoms with van der Waals surface area (Å²) in [4.78, 5) is 0. The van der Waals surface area contributed by atoms with Gasteiger partial charge in [-0.15, -0.1) is 0 Å². The van der Waals surface area contributed by atoms with Crippen molar-refractivity contribution in [2.75, 3.05) is 19.5 Å². The molecule has 0 rings (SSSR count). The Kier molecular flexibility index (Phi) is 5.81. The highest BCUT2D eigenvalue weighted by molar-refractivity contribution is 7.53. The molecule has 0 saturated carbocycles. The molecule has 0 aromatic carbocycles. The Morgan fingerprint density at radius 1 is 1.29 bits per heavy atom. The van der Waals surface area contributed by atoms with Crippen molar-refractivity contribution in [3.63, 3.8) is 0 Å². The quantitative estimate of drug-likeness (QED) is 0.432. The van der Waals surface area contributed by atoms with Gasteiger partial charge in [-0.2, -0.15) is 0 Å². The molecule has 0 saturated heterocycles. The fourth-order valence-electron chi connectivity index (χ4n) is 0.769. The van der Waals surface area contributed by atoms with E-state index in [2.05, 4.69) is 5.32 Å². The van der Waals surface area contributed by atoms with Gasteiger partial charge in [0.15, 0.2) is 0 Å². The second-order valence-corrected chi connectivity index (χ2v) is 4.86. The first kappa shape index (κ1) is 14.0. The highest BCUT2D eigenvalue weighted by atomic mass is 31.2. The monoisotopic (exact) mass is 227 g/mol. The predicted molar refractivity (Wildman–Crippen MR) is 51.7 cm³/mol. The smallest absolute Gasteiger partial charge is 0.344 e. The van der Waals surface area contributed by atoms with Crippen molar-refractivity contribution in [2.24, 2.45) is 0 Å². The fourth-order valence-corrected chi connectivity index (χ4v) is 2.31. The first-order chi connectivity index (χ1) is 6.33. The van der Waals surface area contributed by atoms with E-state index < -0.39 is 13.5 Å². The third-order valence-electron chi connectivity index (χ3n) is 1.26. The molecule has 0 aromatic heterocycles. The normalized spacial score (nSPS) is 13.2. The van der Waals surface area contributed by atoms with E-state index in [-0.39, 0.29) is 19.5 Å². The lowest BCUT2D eigenvalue weighted by Crippen LogP contribution is -2.42. The van der Waals surface area contributed by atoms with Gasteiger partial charge in [0.2, 0.25) is 5.91 Å². The summed E-state index contributed by atoms with van der Waals surface area (Å²) in [5, 5.41) is 20.1. The molecule has 7 heteroatoms. The van der Waals surface area contributed by atoms with E-state index >= 15 is 0 Å². The van der Waals surface area contributed by atoms with Gasteiger partial charge < -0.3 is 19.3 Å². The summed E-state index contributed by atoms with van der Waals surface area (Å²) in [7, 11) is -3.25. The average molecular weight is 227 g/mol. The SMILES string of the molecule is CCOP(=O)(CNC(C)(O)O)OCC. The molecule has 3 N–H and O–H groups in total. The van der Waals surface area contributed by atoms with E-state index in [1.165, 1.54) is 0 Å². The van der Waals surface area contributed by atoms with Gasteiger partial charge in [0.25, 0.3) is 0 Å². The molecule has 14 heavy (non-hydrogen) atoms. The maximum absolute atomic E-state index is 11.7. The minimum atomic E-state index is -3.25. The van der Waals surface area contributed by atoms with Crippen LogP contribution in [0.4, 0.5) is 0 Å². The average Bonchev–Trinajstić information content (AvgIpc) is 2.01. The van der Waals surface area contributed by atoms with Gasteiger partial charge in [-0.05, 0) is 13.8 Å². The van der Waals surface area contributed by atoms with Crippen molar-refractivity contribution in [1.82, 2.24) is 5.32 Å². The molecule has 0 fully saturated rings. The largest absolute Gasteiger partial charge is 0.354 e. The molecular formula is C7H18NO5P. The van der Waals surface area contributed by atoms with Gasteiger partial charge in [0, 0.05) is 6.92 Å². The molecule has 0 atom stereocenters. The standard InChI is InChI=1S/C7H18NO5P/c1-4-12-14(11,13-5-2)6-8-7(3,9)10/h8-10H,4-6H2,1-3H3. The van der Waals surface area contributed by atoms with Crippen molar-refractivity contribution in [3.8, 4) is 0 Å². The molecule has 0 spiro atoms. The van der Waals surface area contributed by atoms with E-state index in [0.717, 1.165) is 6.92 Å². The molecule has 0 bridgehead atoms. The second-order valence-electron chi connectivity index (χ2n) is 2.80. The second kappa shape index (κ2) is 5.80. The maximum atomic E-state index is 11.7. The zero-order chi connectivity index (χ0) is 11.2. The minimum Gasteiger partial charge on any atom is -0.354 e. The Morgan fingerprint density at radius 2 is 1.71 bits per heavy atom. The lowest BCUT2D eigenvalue weighted by molar-refractivity contribution is -0.167. The molecule has 0 aromatic rings. The van der Waals surface area contributed by atoms with E-state index in [9.17, 15) is 4.57 Å². The summed E-state index contributed by atoms with van der Waals surface area (Å²) in [6.45, 7) is 4.97.